The third-order valence-corrected chi connectivity index (χ3v) is 3.07. The minimum absolute atomic E-state index is 0.129. The van der Waals surface area contributed by atoms with Gasteiger partial charge in [-0.05, 0) is 26.3 Å². The highest BCUT2D eigenvalue weighted by molar-refractivity contribution is 5.21. The number of hydrogen-bond acceptors (Lipinski definition) is 4. The van der Waals surface area contributed by atoms with Crippen LogP contribution in [0.25, 0.3) is 0 Å². The number of nitrogens with zero attached hydrogens (tertiary/aromatic N) is 2. The van der Waals surface area contributed by atoms with Gasteiger partial charge in [-0.25, -0.2) is 0 Å². The molecule has 5 heteroatoms. The van der Waals surface area contributed by atoms with Gasteiger partial charge in [0.25, 0.3) is 6.04 Å². The third kappa shape index (κ3) is 2.37. The minimum atomic E-state index is -0.716. The molecule has 18 heavy (non-hydrogen) atoms. The summed E-state index contributed by atoms with van der Waals surface area (Å²) in [7, 11) is 0. The molecule has 1 saturated heterocycles. The van der Waals surface area contributed by atoms with Gasteiger partial charge in [0.15, 0.2) is 0 Å². The summed E-state index contributed by atoms with van der Waals surface area (Å²) in [5.41, 5.74) is 0.650. The highest BCUT2D eigenvalue weighted by Crippen LogP contribution is 2.37. The molecule has 1 fully saturated rings. The average molecular weight is 250 g/mol. The molecule has 0 saturated carbocycles. The maximum Gasteiger partial charge on any atom is 0.259 e. The van der Waals surface area contributed by atoms with E-state index in [2.05, 4.69) is 0 Å². The van der Waals surface area contributed by atoms with E-state index in [4.69, 9.17) is 4.84 Å². The molecule has 1 aliphatic rings. The van der Waals surface area contributed by atoms with Crippen LogP contribution in [0.3, 0.4) is 0 Å². The van der Waals surface area contributed by atoms with E-state index >= 15 is 0 Å². The Morgan fingerprint density at radius 1 is 1.33 bits per heavy atom. The molecule has 2 rings (SSSR count). The van der Waals surface area contributed by atoms with Gasteiger partial charge in [-0.3, -0.25) is 15.0 Å². The molecule has 0 N–H and O–H groups in total. The molecular formula is C13H18N2O3. The van der Waals surface area contributed by atoms with Crippen LogP contribution in [0, 0.1) is 10.1 Å². The third-order valence-electron chi connectivity index (χ3n) is 3.07. The zero-order valence-electron chi connectivity index (χ0n) is 10.9. The van der Waals surface area contributed by atoms with Gasteiger partial charge < -0.3 is 0 Å². The molecule has 1 aromatic rings. The Morgan fingerprint density at radius 3 is 2.44 bits per heavy atom. The smallest absolute Gasteiger partial charge is 0.259 e. The zero-order chi connectivity index (χ0) is 13.3. The Hall–Kier alpha value is -1.46. The number of nitro groups is 1. The average Bonchev–Trinajstić information content (AvgIpc) is 2.74. The molecule has 2 atom stereocenters. The van der Waals surface area contributed by atoms with Crippen molar-refractivity contribution in [3.05, 3.63) is 46.0 Å². The Kier molecular flexibility index (Phi) is 3.36. The standard InChI is InChI=1S/C13H18N2O3/c1-13(2,3)14-12(10-7-5-4-6-8-10)11(9-18-14)15(16)17/h4-8,11-12H,9H2,1-3H3/t11-,12+/m1/s1. The Balaban J connectivity index is 2.38. The lowest BCUT2D eigenvalue weighted by Gasteiger charge is -2.34. The quantitative estimate of drug-likeness (QED) is 0.597. The lowest BCUT2D eigenvalue weighted by atomic mass is 9.97. The molecule has 0 radical (unpaired) electrons. The summed E-state index contributed by atoms with van der Waals surface area (Å²) >= 11 is 0. The normalized spacial score (nSPS) is 25.3. The summed E-state index contributed by atoms with van der Waals surface area (Å²) in [4.78, 5) is 16.5. The van der Waals surface area contributed by atoms with Crippen LogP contribution in [0.5, 0.6) is 0 Å². The van der Waals surface area contributed by atoms with Crippen molar-refractivity contribution >= 4 is 0 Å². The van der Waals surface area contributed by atoms with Crippen LogP contribution in [0.1, 0.15) is 32.4 Å². The van der Waals surface area contributed by atoms with Crippen LogP contribution >= 0.6 is 0 Å². The molecule has 0 amide bonds. The zero-order valence-corrected chi connectivity index (χ0v) is 10.9. The second-order valence-corrected chi connectivity index (χ2v) is 5.50. The van der Waals surface area contributed by atoms with Gasteiger partial charge in [-0.2, -0.15) is 5.06 Å². The predicted octanol–water partition coefficient (Wildman–Crippen LogP) is 2.42. The van der Waals surface area contributed by atoms with E-state index < -0.39 is 6.04 Å². The van der Waals surface area contributed by atoms with Crippen LogP contribution in [-0.4, -0.2) is 28.2 Å². The summed E-state index contributed by atoms with van der Waals surface area (Å²) in [5.74, 6) is 0. The van der Waals surface area contributed by atoms with Gasteiger partial charge in [-0.1, -0.05) is 30.3 Å². The molecule has 0 unspecified atom stereocenters. The van der Waals surface area contributed by atoms with Crippen molar-refractivity contribution in [1.29, 1.82) is 0 Å². The molecule has 1 aliphatic heterocycles. The molecule has 1 heterocycles. The van der Waals surface area contributed by atoms with Gasteiger partial charge in [0.2, 0.25) is 0 Å². The molecular weight excluding hydrogens is 232 g/mol. The van der Waals surface area contributed by atoms with E-state index in [0.717, 1.165) is 5.56 Å². The summed E-state index contributed by atoms with van der Waals surface area (Å²) in [6.45, 7) is 6.10. The van der Waals surface area contributed by atoms with Crippen LogP contribution in [-0.2, 0) is 4.84 Å². The topological polar surface area (TPSA) is 55.6 Å². The van der Waals surface area contributed by atoms with Crippen molar-refractivity contribution in [2.45, 2.75) is 38.4 Å². The van der Waals surface area contributed by atoms with Crippen molar-refractivity contribution in [3.63, 3.8) is 0 Å². The first-order valence-corrected chi connectivity index (χ1v) is 6.02. The Bertz CT molecular complexity index is 428. The Labute approximate surface area is 106 Å². The minimum Gasteiger partial charge on any atom is -0.290 e. The van der Waals surface area contributed by atoms with Crippen LogP contribution in [0.2, 0.25) is 0 Å². The lowest BCUT2D eigenvalue weighted by Crippen LogP contribution is -2.42. The van der Waals surface area contributed by atoms with E-state index in [1.165, 1.54) is 0 Å². The van der Waals surface area contributed by atoms with Gasteiger partial charge in [0, 0.05) is 10.5 Å². The molecule has 0 aromatic heterocycles. The highest BCUT2D eigenvalue weighted by Gasteiger charge is 2.48. The molecule has 0 spiro atoms. The summed E-state index contributed by atoms with van der Waals surface area (Å²) in [6.07, 6.45) is 0. The largest absolute Gasteiger partial charge is 0.290 e. The predicted molar refractivity (Wildman–Crippen MR) is 67.5 cm³/mol. The number of hydrogen-bond donors (Lipinski definition) is 0. The maximum absolute atomic E-state index is 11.2. The maximum atomic E-state index is 11.2. The fraction of sp³-hybridized carbons (Fsp3) is 0.538. The monoisotopic (exact) mass is 250 g/mol. The SMILES string of the molecule is CC(C)(C)N1OC[C@@H]([N+](=O)[O-])[C@@H]1c1ccccc1. The van der Waals surface area contributed by atoms with E-state index in [9.17, 15) is 10.1 Å². The van der Waals surface area contributed by atoms with E-state index in [0.29, 0.717) is 0 Å². The fourth-order valence-electron chi connectivity index (χ4n) is 2.28. The number of rotatable bonds is 2. The Morgan fingerprint density at radius 2 is 1.94 bits per heavy atom. The first kappa shape index (κ1) is 13.0. The molecule has 1 aromatic carbocycles. The van der Waals surface area contributed by atoms with Crippen molar-refractivity contribution in [2.24, 2.45) is 0 Å². The number of benzene rings is 1. The van der Waals surface area contributed by atoms with Gasteiger partial charge in [0.05, 0.1) is 0 Å². The molecule has 98 valence electrons. The highest BCUT2D eigenvalue weighted by atomic mass is 16.7. The van der Waals surface area contributed by atoms with Gasteiger partial charge in [-0.15, -0.1) is 0 Å². The number of hydroxylamine groups is 2. The van der Waals surface area contributed by atoms with Crippen molar-refractivity contribution in [3.8, 4) is 0 Å². The second-order valence-electron chi connectivity index (χ2n) is 5.50. The van der Waals surface area contributed by atoms with E-state index in [1.54, 1.807) is 5.06 Å². The van der Waals surface area contributed by atoms with Crippen molar-refractivity contribution in [2.75, 3.05) is 6.61 Å². The molecule has 0 aliphatic carbocycles. The van der Waals surface area contributed by atoms with Crippen LogP contribution < -0.4 is 0 Å². The van der Waals surface area contributed by atoms with Gasteiger partial charge in [0.1, 0.15) is 12.6 Å². The van der Waals surface area contributed by atoms with Crippen LogP contribution in [0.4, 0.5) is 0 Å². The van der Waals surface area contributed by atoms with E-state index in [1.807, 2.05) is 51.1 Å². The van der Waals surface area contributed by atoms with E-state index in [-0.39, 0.29) is 23.1 Å². The molecule has 5 nitrogen and oxygen atoms in total. The van der Waals surface area contributed by atoms with Crippen molar-refractivity contribution < 1.29 is 9.76 Å². The lowest BCUT2D eigenvalue weighted by molar-refractivity contribution is -0.523. The first-order valence-electron chi connectivity index (χ1n) is 6.02. The fourth-order valence-corrected chi connectivity index (χ4v) is 2.28. The molecule has 0 bridgehead atoms. The van der Waals surface area contributed by atoms with Crippen molar-refractivity contribution in [1.82, 2.24) is 5.06 Å². The summed E-state index contributed by atoms with van der Waals surface area (Å²) in [6, 6.07) is 8.47. The summed E-state index contributed by atoms with van der Waals surface area (Å²) in [5, 5.41) is 12.9. The van der Waals surface area contributed by atoms with Crippen LogP contribution in [0.15, 0.2) is 30.3 Å². The summed E-state index contributed by atoms with van der Waals surface area (Å²) < 4.78 is 0. The first-order chi connectivity index (χ1) is 8.41. The van der Waals surface area contributed by atoms with Gasteiger partial charge >= 0.3 is 0 Å². The second kappa shape index (κ2) is 4.66.